The topological polar surface area (TPSA) is 72.2 Å². The van der Waals surface area contributed by atoms with E-state index in [-0.39, 0.29) is 5.02 Å². The van der Waals surface area contributed by atoms with Crippen LogP contribution in [0.5, 0.6) is 0 Å². The fourth-order valence-corrected chi connectivity index (χ4v) is 0.931. The minimum absolute atomic E-state index is 0.242. The number of hydrogen-bond acceptors (Lipinski definition) is 3. The highest BCUT2D eigenvalue weighted by molar-refractivity contribution is 6.31. The number of aromatic nitrogens is 2. The van der Waals surface area contributed by atoms with E-state index in [0.29, 0.717) is 5.56 Å². The van der Waals surface area contributed by atoms with Crippen LogP contribution in [-0.4, -0.2) is 20.9 Å². The lowest BCUT2D eigenvalue weighted by Crippen LogP contribution is -2.28. The summed E-state index contributed by atoms with van der Waals surface area (Å²) in [6.07, 6.45) is 1.25. The molecule has 5 nitrogen and oxygen atoms in total. The molecular weight excluding hydrogens is 196 g/mol. The fourth-order valence-electron chi connectivity index (χ4n) is 0.806. The molecule has 0 aromatic carbocycles. The van der Waals surface area contributed by atoms with Crippen LogP contribution in [0.4, 0.5) is 0 Å². The van der Waals surface area contributed by atoms with Gasteiger partial charge in [-0.2, -0.15) is 5.10 Å². The minimum Gasteiger partial charge on any atom is -0.480 e. The van der Waals surface area contributed by atoms with Gasteiger partial charge in [0.15, 0.2) is 0 Å². The summed E-state index contributed by atoms with van der Waals surface area (Å²) in [6.45, 7) is 1.07. The number of rotatable bonds is 2. The third-order valence-corrected chi connectivity index (χ3v) is 1.89. The lowest BCUT2D eigenvalue weighted by atomic mass is 10.3. The summed E-state index contributed by atoms with van der Waals surface area (Å²) in [4.78, 5) is 21.6. The number of hydrogen-bond donors (Lipinski definition) is 1. The molecule has 0 aliphatic carbocycles. The molecule has 70 valence electrons. The number of carboxylic acid groups (broad SMARTS) is 1. The third kappa shape index (κ3) is 2.06. The summed E-state index contributed by atoms with van der Waals surface area (Å²) >= 11 is 5.60. The zero-order chi connectivity index (χ0) is 10.0. The maximum Gasteiger partial charge on any atom is 0.325 e. The number of halogens is 1. The Hall–Kier alpha value is -1.36. The largest absolute Gasteiger partial charge is 0.480 e. The Morgan fingerprint density at radius 3 is 2.92 bits per heavy atom. The summed E-state index contributed by atoms with van der Waals surface area (Å²) < 4.78 is 0.851. The van der Waals surface area contributed by atoms with Crippen molar-refractivity contribution >= 4 is 17.6 Å². The Labute approximate surface area is 78.6 Å². The van der Waals surface area contributed by atoms with Crippen molar-refractivity contribution in [2.75, 3.05) is 0 Å². The first-order chi connectivity index (χ1) is 6.02. The van der Waals surface area contributed by atoms with E-state index >= 15 is 0 Å². The average molecular weight is 203 g/mol. The molecule has 0 saturated carbocycles. The molecule has 0 spiro atoms. The SMILES string of the molecule is Cc1c(Cl)cnn(CC(=O)O)c1=O. The maximum atomic E-state index is 11.3. The standard InChI is InChI=1S/C7H7ClN2O3/c1-4-5(8)2-9-10(7(4)13)3-6(11)12/h2H,3H2,1H3,(H,11,12). The van der Waals surface area contributed by atoms with Crippen molar-refractivity contribution in [1.29, 1.82) is 0 Å². The van der Waals surface area contributed by atoms with Crippen LogP contribution in [0.1, 0.15) is 5.56 Å². The zero-order valence-corrected chi connectivity index (χ0v) is 7.58. The molecular formula is C7H7ClN2O3. The third-order valence-electron chi connectivity index (χ3n) is 1.51. The van der Waals surface area contributed by atoms with Crippen LogP contribution in [-0.2, 0) is 11.3 Å². The van der Waals surface area contributed by atoms with Crippen LogP contribution in [0.2, 0.25) is 5.02 Å². The molecule has 0 atom stereocenters. The molecule has 1 rings (SSSR count). The van der Waals surface area contributed by atoms with Gasteiger partial charge in [-0.25, -0.2) is 4.68 Å². The Kier molecular flexibility index (Phi) is 2.67. The first-order valence-corrected chi connectivity index (χ1v) is 3.84. The molecule has 1 aromatic heterocycles. The lowest BCUT2D eigenvalue weighted by molar-refractivity contribution is -0.138. The van der Waals surface area contributed by atoms with Gasteiger partial charge in [0.1, 0.15) is 6.54 Å². The summed E-state index contributed by atoms with van der Waals surface area (Å²) in [5.41, 5.74) is -0.173. The Balaban J connectivity index is 3.19. The van der Waals surface area contributed by atoms with Gasteiger partial charge in [0, 0.05) is 5.56 Å². The molecule has 0 radical (unpaired) electrons. The van der Waals surface area contributed by atoms with Crippen LogP contribution in [0.3, 0.4) is 0 Å². The van der Waals surface area contributed by atoms with Crippen molar-refractivity contribution in [3.05, 3.63) is 27.1 Å². The minimum atomic E-state index is -1.11. The quantitative estimate of drug-likeness (QED) is 0.748. The number of aliphatic carboxylic acids is 1. The number of nitrogens with zero attached hydrogens (tertiary/aromatic N) is 2. The van der Waals surface area contributed by atoms with Gasteiger partial charge in [0.2, 0.25) is 0 Å². The van der Waals surface area contributed by atoms with Gasteiger partial charge in [0.05, 0.1) is 11.2 Å². The van der Waals surface area contributed by atoms with E-state index in [1.807, 2.05) is 0 Å². The van der Waals surface area contributed by atoms with Gasteiger partial charge in [-0.1, -0.05) is 11.6 Å². The molecule has 0 unspecified atom stereocenters. The van der Waals surface area contributed by atoms with Gasteiger partial charge in [0.25, 0.3) is 5.56 Å². The molecule has 1 aromatic rings. The van der Waals surface area contributed by atoms with E-state index in [1.165, 1.54) is 13.1 Å². The van der Waals surface area contributed by atoms with E-state index in [1.54, 1.807) is 0 Å². The van der Waals surface area contributed by atoms with E-state index in [2.05, 4.69) is 5.10 Å². The van der Waals surface area contributed by atoms with Crippen LogP contribution in [0.25, 0.3) is 0 Å². The predicted molar refractivity (Wildman–Crippen MR) is 45.9 cm³/mol. The highest BCUT2D eigenvalue weighted by Gasteiger charge is 2.07. The maximum absolute atomic E-state index is 11.3. The summed E-state index contributed by atoms with van der Waals surface area (Å²) in [6, 6.07) is 0. The van der Waals surface area contributed by atoms with Crippen molar-refractivity contribution in [3.63, 3.8) is 0 Å². The molecule has 0 bridgehead atoms. The lowest BCUT2D eigenvalue weighted by Gasteiger charge is -2.02. The van der Waals surface area contributed by atoms with Gasteiger partial charge in [-0.15, -0.1) is 0 Å². The van der Waals surface area contributed by atoms with Gasteiger partial charge in [-0.05, 0) is 6.92 Å². The van der Waals surface area contributed by atoms with Crippen molar-refractivity contribution in [2.45, 2.75) is 13.5 Å². The Morgan fingerprint density at radius 2 is 2.38 bits per heavy atom. The molecule has 0 fully saturated rings. The van der Waals surface area contributed by atoms with Gasteiger partial charge >= 0.3 is 5.97 Å². The molecule has 1 heterocycles. The number of carboxylic acids is 1. The van der Waals surface area contributed by atoms with Crippen molar-refractivity contribution in [2.24, 2.45) is 0 Å². The summed E-state index contributed by atoms with van der Waals surface area (Å²) in [7, 11) is 0. The second-order valence-corrected chi connectivity index (χ2v) is 2.88. The summed E-state index contributed by atoms with van der Waals surface area (Å²) in [5, 5.41) is 12.2. The fraction of sp³-hybridized carbons (Fsp3) is 0.286. The van der Waals surface area contributed by atoms with Crippen LogP contribution in [0, 0.1) is 6.92 Å². The second kappa shape index (κ2) is 3.57. The number of carbonyl (C=O) groups is 1. The predicted octanol–water partition coefficient (Wildman–Crippen LogP) is 0.290. The van der Waals surface area contributed by atoms with Crippen LogP contribution >= 0.6 is 11.6 Å². The van der Waals surface area contributed by atoms with Crippen LogP contribution in [0.15, 0.2) is 11.0 Å². The van der Waals surface area contributed by atoms with Crippen molar-refractivity contribution in [3.8, 4) is 0 Å². The molecule has 0 saturated heterocycles. The monoisotopic (exact) mass is 202 g/mol. The first-order valence-electron chi connectivity index (χ1n) is 3.46. The molecule has 0 aliphatic rings. The van der Waals surface area contributed by atoms with E-state index < -0.39 is 18.1 Å². The Bertz CT molecular complexity index is 399. The Morgan fingerprint density at radius 1 is 1.77 bits per heavy atom. The molecule has 0 aliphatic heterocycles. The van der Waals surface area contributed by atoms with Crippen molar-refractivity contribution < 1.29 is 9.90 Å². The highest BCUT2D eigenvalue weighted by atomic mass is 35.5. The van der Waals surface area contributed by atoms with Crippen molar-refractivity contribution in [1.82, 2.24) is 9.78 Å². The van der Waals surface area contributed by atoms with Gasteiger partial charge in [-0.3, -0.25) is 9.59 Å². The highest BCUT2D eigenvalue weighted by Crippen LogP contribution is 2.06. The smallest absolute Gasteiger partial charge is 0.325 e. The van der Waals surface area contributed by atoms with E-state index in [9.17, 15) is 9.59 Å². The zero-order valence-electron chi connectivity index (χ0n) is 6.82. The molecule has 0 amide bonds. The molecule has 1 N–H and O–H groups in total. The molecule has 13 heavy (non-hydrogen) atoms. The van der Waals surface area contributed by atoms with E-state index in [4.69, 9.17) is 16.7 Å². The second-order valence-electron chi connectivity index (χ2n) is 2.47. The normalized spacial score (nSPS) is 10.0. The average Bonchev–Trinajstić information content (AvgIpc) is 2.06. The van der Waals surface area contributed by atoms with E-state index in [0.717, 1.165) is 4.68 Å². The summed E-state index contributed by atoms with van der Waals surface area (Å²) in [5.74, 6) is -1.11. The van der Waals surface area contributed by atoms with Gasteiger partial charge < -0.3 is 5.11 Å². The van der Waals surface area contributed by atoms with Crippen LogP contribution < -0.4 is 5.56 Å². The first kappa shape index (κ1) is 9.73. The molecule has 6 heteroatoms.